The van der Waals surface area contributed by atoms with Crippen LogP contribution in [0.5, 0.6) is 0 Å². The summed E-state index contributed by atoms with van der Waals surface area (Å²) in [5.41, 5.74) is 32.8. The Morgan fingerprint density at radius 1 is 0.192 bits per heavy atom. The molecule has 0 saturated carbocycles. The van der Waals surface area contributed by atoms with Gasteiger partial charge in [0.15, 0.2) is 34.9 Å². The summed E-state index contributed by atoms with van der Waals surface area (Å²) in [7, 11) is 0. The van der Waals surface area contributed by atoms with Crippen molar-refractivity contribution in [1.82, 2.24) is 118 Å². The summed E-state index contributed by atoms with van der Waals surface area (Å²) >= 11 is 0. The third-order valence-corrected chi connectivity index (χ3v) is 19.2. The Balaban J connectivity index is 0.000000156. The van der Waals surface area contributed by atoms with E-state index in [9.17, 15) is 0 Å². The molecule has 2 radical (unpaired) electrons. The van der Waals surface area contributed by atoms with Crippen LogP contribution in [0, 0.1) is 138 Å². The third kappa shape index (κ3) is 25.0. The van der Waals surface area contributed by atoms with E-state index in [2.05, 4.69) is 188 Å². The van der Waals surface area contributed by atoms with E-state index in [0.717, 1.165) is 182 Å². The van der Waals surface area contributed by atoms with Crippen molar-refractivity contribution in [2.24, 2.45) is 0 Å². The van der Waals surface area contributed by atoms with E-state index in [4.69, 9.17) is 19.9 Å². The molecule has 0 saturated heterocycles. The van der Waals surface area contributed by atoms with Crippen molar-refractivity contribution >= 4 is 0 Å². The van der Waals surface area contributed by atoms with Crippen molar-refractivity contribution in [1.29, 1.82) is 0 Å². The van der Waals surface area contributed by atoms with Gasteiger partial charge in [0, 0.05) is 84.7 Å². The molecule has 0 unspecified atom stereocenters. The SMILES string of the molecule is Cc1ccnc(-c2cc(C)cc(-n3cccn3)n2)c1.Cc1ccnc(-c2cc(C)cc(-n3cccn3)n2)c1.Cc1ccnc(-c2cc(C)cc(-n3nc(C)cc3C)n2)c1.Cc1ccnc(-c2cc(C)cc(-n3nc(C)cc3C)n2)c1.Cc1ccnc(-c2cc(C)cc(-n3nc(C)cc3C)n2)c1.Cc1ccnc(-c2cc(C)cc(-n3nc(C)cc3C)n2)c1.[Co+2].[Co+2].[Co+3]. The number of hydrogen-bond acceptors (Lipinski definition) is 18. The van der Waals surface area contributed by atoms with Gasteiger partial charge >= 0.3 is 50.3 Å². The second-order valence-electron chi connectivity index (χ2n) is 30.9. The average molecular weight is 1790 g/mol. The molecule has 0 N–H and O–H groups in total. The summed E-state index contributed by atoms with van der Waals surface area (Å²) in [5, 5.41) is 26.5. The summed E-state index contributed by atoms with van der Waals surface area (Å²) < 4.78 is 11.0. The predicted octanol–water partition coefficient (Wildman–Crippen LogP) is 20.1. The van der Waals surface area contributed by atoms with Crippen molar-refractivity contribution in [3.63, 3.8) is 0 Å². The van der Waals surface area contributed by atoms with Gasteiger partial charge < -0.3 is 0 Å². The van der Waals surface area contributed by atoms with Gasteiger partial charge in [-0.1, -0.05) is 0 Å². The number of aryl methyl sites for hydroxylation is 20. The number of rotatable bonds is 12. The summed E-state index contributed by atoms with van der Waals surface area (Å²) in [4.78, 5) is 54.6. The molecule has 0 atom stereocenters. The van der Waals surface area contributed by atoms with Gasteiger partial charge in [-0.3, -0.25) is 29.9 Å². The van der Waals surface area contributed by atoms with Gasteiger partial charge in [0.25, 0.3) is 0 Å². The second kappa shape index (κ2) is 42.6. The zero-order valence-electron chi connectivity index (χ0n) is 73.8. The molecule has 18 aromatic heterocycles. The number of hydrogen-bond donors (Lipinski definition) is 0. The van der Waals surface area contributed by atoms with E-state index in [0.29, 0.717) is 0 Å². The quantitative estimate of drug-likeness (QED) is 0.110. The molecule has 125 heavy (non-hydrogen) atoms. The first-order valence-electron chi connectivity index (χ1n) is 40.2. The summed E-state index contributed by atoms with van der Waals surface area (Å²) in [6.45, 7) is 40.8. The van der Waals surface area contributed by atoms with Crippen LogP contribution in [0.3, 0.4) is 0 Å². The van der Waals surface area contributed by atoms with Crippen molar-refractivity contribution in [3.8, 4) is 103 Å². The second-order valence-corrected chi connectivity index (χ2v) is 30.9. The summed E-state index contributed by atoms with van der Waals surface area (Å²) in [5.74, 6) is 4.95. The molecule has 27 heteroatoms. The van der Waals surface area contributed by atoms with E-state index < -0.39 is 0 Å². The number of pyridine rings is 12. The van der Waals surface area contributed by atoms with Crippen LogP contribution in [-0.2, 0) is 50.3 Å². The van der Waals surface area contributed by atoms with Gasteiger partial charge in [-0.05, 0) is 387 Å². The zero-order chi connectivity index (χ0) is 86.4. The molecule has 18 aromatic rings. The van der Waals surface area contributed by atoms with Crippen molar-refractivity contribution in [2.45, 2.75) is 138 Å². The minimum atomic E-state index is 0. The van der Waals surface area contributed by atoms with Crippen LogP contribution >= 0.6 is 0 Å². The molecule has 0 aromatic carbocycles. The molecule has 0 amide bonds. The molecule has 632 valence electrons. The van der Waals surface area contributed by atoms with E-state index in [-0.39, 0.29) is 50.3 Å². The molecule has 0 aliphatic heterocycles. The monoisotopic (exact) mass is 1790 g/mol. The molecule has 0 aliphatic carbocycles. The summed E-state index contributed by atoms with van der Waals surface area (Å²) in [6.07, 6.45) is 18.1. The number of nitrogens with zero attached hydrogens (tertiary/aromatic N) is 24. The van der Waals surface area contributed by atoms with Gasteiger partial charge in [-0.15, -0.1) is 0 Å². The van der Waals surface area contributed by atoms with Crippen molar-refractivity contribution in [2.75, 3.05) is 0 Å². The predicted molar refractivity (Wildman–Crippen MR) is 482 cm³/mol. The van der Waals surface area contributed by atoms with E-state index >= 15 is 0 Å². The van der Waals surface area contributed by atoms with Crippen LogP contribution in [-0.4, -0.2) is 118 Å². The van der Waals surface area contributed by atoms with Crippen LogP contribution in [0.15, 0.2) is 244 Å². The molecule has 18 rings (SSSR count). The largest absolute Gasteiger partial charge is 3.00 e. The first kappa shape index (κ1) is 93.8. The molecule has 0 spiro atoms. The Kier molecular flexibility index (Phi) is 32.0. The number of aromatic nitrogens is 24. The Morgan fingerprint density at radius 2 is 0.368 bits per heavy atom. The first-order valence-corrected chi connectivity index (χ1v) is 40.2. The van der Waals surface area contributed by atoms with Gasteiger partial charge in [0.05, 0.1) is 91.1 Å². The van der Waals surface area contributed by atoms with Crippen LogP contribution < -0.4 is 0 Å². The van der Waals surface area contributed by atoms with Crippen LogP contribution in [0.25, 0.3) is 103 Å². The normalized spacial score (nSPS) is 10.5. The van der Waals surface area contributed by atoms with Crippen LogP contribution in [0.2, 0.25) is 0 Å². The third-order valence-electron chi connectivity index (χ3n) is 19.2. The molecule has 24 nitrogen and oxygen atoms in total. The fourth-order valence-electron chi connectivity index (χ4n) is 13.7. The van der Waals surface area contributed by atoms with Gasteiger partial charge in [0.1, 0.15) is 0 Å². The standard InChI is InChI=1S/4C17H18N4.2C15H14N4.3Co/c4*1-11-5-6-18-15(7-11)16-8-12(2)9-17(19-16)21-14(4)10-13(3)20-21;2*1-11-4-6-16-13(8-11)14-9-12(2)10-15(18-14)19-7-3-5-17-19;;;/h4*5-10H,1-4H3;2*3-10H,1-2H3;;;/q;;;;;;2*+2;+3. The fraction of sp³-hybridized carbons (Fsp3) is 0.204. The smallest absolute Gasteiger partial charge is 0.255 e. The zero-order valence-corrected chi connectivity index (χ0v) is 77.0. The average Bonchev–Trinajstić information content (AvgIpc) is 1.81. The van der Waals surface area contributed by atoms with Crippen LogP contribution in [0.1, 0.15) is 112 Å². The van der Waals surface area contributed by atoms with E-state index in [1.807, 2.05) is 271 Å². The Bertz CT molecular complexity index is 6020. The topological polar surface area (TPSA) is 262 Å². The Hall–Kier alpha value is -13.4. The van der Waals surface area contributed by atoms with Crippen molar-refractivity contribution < 1.29 is 50.3 Å². The Labute approximate surface area is 761 Å². The van der Waals surface area contributed by atoms with E-state index in [1.54, 1.807) is 21.8 Å². The summed E-state index contributed by atoms with van der Waals surface area (Å²) in [6, 6.07) is 60.6. The fourth-order valence-corrected chi connectivity index (χ4v) is 13.7. The van der Waals surface area contributed by atoms with Crippen molar-refractivity contribution in [3.05, 3.63) is 356 Å². The van der Waals surface area contributed by atoms with Gasteiger partial charge in [-0.2, -0.15) is 30.6 Å². The minimum absolute atomic E-state index is 0. The molecular weight excluding hydrogens is 1690 g/mol. The van der Waals surface area contributed by atoms with Gasteiger partial charge in [0.2, 0.25) is 0 Å². The molecule has 18 heterocycles. The van der Waals surface area contributed by atoms with Crippen LogP contribution in [0.4, 0.5) is 0 Å². The molecule has 0 bridgehead atoms. The maximum Gasteiger partial charge on any atom is 3.00 e. The van der Waals surface area contributed by atoms with Gasteiger partial charge in [-0.25, -0.2) is 58.0 Å². The molecular formula is C98H100Co3N24+7. The maximum atomic E-state index is 4.73. The first-order chi connectivity index (χ1) is 58.5. The molecule has 0 aliphatic rings. The van der Waals surface area contributed by atoms with E-state index in [1.165, 1.54) is 33.4 Å². The Morgan fingerprint density at radius 3 is 0.528 bits per heavy atom. The molecule has 0 fully saturated rings. The maximum absolute atomic E-state index is 4.73. The minimum Gasteiger partial charge on any atom is -0.255 e.